The van der Waals surface area contributed by atoms with E-state index in [9.17, 15) is 28.7 Å². The van der Waals surface area contributed by atoms with Gasteiger partial charge in [0.2, 0.25) is 0 Å². The number of halogens is 2. The lowest BCUT2D eigenvalue weighted by Crippen LogP contribution is -2.63. The lowest BCUT2D eigenvalue weighted by molar-refractivity contribution is -0.138. The van der Waals surface area contributed by atoms with Crippen molar-refractivity contribution in [1.29, 1.82) is 0 Å². The maximum absolute atomic E-state index is 13.9. The van der Waals surface area contributed by atoms with Crippen LogP contribution in [0.1, 0.15) is 50.7 Å². The van der Waals surface area contributed by atoms with E-state index in [2.05, 4.69) is 5.32 Å². The predicted octanol–water partition coefficient (Wildman–Crippen LogP) is 4.43. The molecule has 0 aliphatic carbocycles. The molecule has 3 amide bonds. The first-order valence-electron chi connectivity index (χ1n) is 12.4. The highest BCUT2D eigenvalue weighted by molar-refractivity contribution is 6.30. The summed E-state index contributed by atoms with van der Waals surface area (Å²) in [5, 5.41) is 12.7. The molecule has 1 aliphatic rings. The quantitative estimate of drug-likeness (QED) is 0.452. The number of carboxylic acid groups (broad SMARTS) is 1. The van der Waals surface area contributed by atoms with Crippen molar-refractivity contribution in [3.05, 3.63) is 106 Å². The summed E-state index contributed by atoms with van der Waals surface area (Å²) < 4.78 is 13.5. The molecule has 1 aliphatic heterocycles. The Morgan fingerprint density at radius 1 is 0.949 bits per heavy atom. The van der Waals surface area contributed by atoms with Crippen LogP contribution in [0.2, 0.25) is 5.02 Å². The van der Waals surface area contributed by atoms with Crippen LogP contribution in [0.4, 0.5) is 4.39 Å². The molecule has 8 nitrogen and oxygen atoms in total. The van der Waals surface area contributed by atoms with E-state index in [1.807, 2.05) is 13.0 Å². The molecule has 10 heteroatoms. The standard InChI is InChI=1S/C29H27ClFN3O5/c1-18-4-2-5-21(16-18)24(17-25(35)36)32-26(37)27-33(28(38)19-6-10-22(30)11-7-19)14-3-15-34(27)29(39)20-8-12-23(31)13-9-20/h2,4-13,16,24,27H,3,14-15,17H2,1H3,(H,32,37)(H,35,36). The van der Waals surface area contributed by atoms with Crippen molar-refractivity contribution < 1.29 is 28.7 Å². The highest BCUT2D eigenvalue weighted by atomic mass is 35.5. The Bertz CT molecular complexity index is 1310. The van der Waals surface area contributed by atoms with Crippen molar-refractivity contribution in [3.8, 4) is 0 Å². The van der Waals surface area contributed by atoms with Crippen molar-refractivity contribution >= 4 is 35.3 Å². The second kappa shape index (κ2) is 12.1. The first-order valence-corrected chi connectivity index (χ1v) is 12.7. The Morgan fingerprint density at radius 3 is 2.05 bits per heavy atom. The molecule has 0 bridgehead atoms. The molecule has 0 radical (unpaired) electrons. The molecule has 1 heterocycles. The first-order chi connectivity index (χ1) is 18.6. The third-order valence-electron chi connectivity index (χ3n) is 6.47. The number of hydrogen-bond acceptors (Lipinski definition) is 4. The van der Waals surface area contributed by atoms with Gasteiger partial charge in [-0.05, 0) is 67.4 Å². The van der Waals surface area contributed by atoms with Crippen molar-refractivity contribution in [2.75, 3.05) is 13.1 Å². The van der Waals surface area contributed by atoms with E-state index in [-0.39, 0.29) is 24.2 Å². The van der Waals surface area contributed by atoms with Crippen LogP contribution >= 0.6 is 11.6 Å². The van der Waals surface area contributed by atoms with Crippen molar-refractivity contribution in [2.45, 2.75) is 32.0 Å². The number of carbonyl (C=O) groups excluding carboxylic acids is 3. The summed E-state index contributed by atoms with van der Waals surface area (Å²) in [4.78, 5) is 55.2. The van der Waals surface area contributed by atoms with Crippen molar-refractivity contribution in [3.63, 3.8) is 0 Å². The maximum atomic E-state index is 13.9. The number of carboxylic acids is 1. The second-order valence-corrected chi connectivity index (χ2v) is 9.75. The summed E-state index contributed by atoms with van der Waals surface area (Å²) in [5.74, 6) is -3.41. The Kier molecular flexibility index (Phi) is 8.61. The highest BCUT2D eigenvalue weighted by Gasteiger charge is 2.41. The normalized spacial score (nSPS) is 15.9. The number of carbonyl (C=O) groups is 4. The van der Waals surface area contributed by atoms with Gasteiger partial charge < -0.3 is 20.2 Å². The van der Waals surface area contributed by atoms with Crippen LogP contribution in [0.15, 0.2) is 72.8 Å². The summed E-state index contributed by atoms with van der Waals surface area (Å²) in [7, 11) is 0. The van der Waals surface area contributed by atoms with E-state index in [0.717, 1.165) is 17.7 Å². The molecule has 3 aromatic rings. The highest BCUT2D eigenvalue weighted by Crippen LogP contribution is 2.24. The van der Waals surface area contributed by atoms with Crippen molar-refractivity contribution in [2.24, 2.45) is 0 Å². The molecule has 2 unspecified atom stereocenters. The van der Waals surface area contributed by atoms with Gasteiger partial charge >= 0.3 is 5.97 Å². The maximum Gasteiger partial charge on any atom is 0.305 e. The largest absolute Gasteiger partial charge is 0.481 e. The minimum atomic E-state index is -1.37. The van der Waals surface area contributed by atoms with E-state index >= 15 is 0 Å². The van der Waals surface area contributed by atoms with Crippen LogP contribution in [0.25, 0.3) is 0 Å². The number of hydrogen-bond donors (Lipinski definition) is 2. The lowest BCUT2D eigenvalue weighted by atomic mass is 10.0. The SMILES string of the molecule is Cc1cccc(C(CC(=O)O)NC(=O)C2N(C(=O)c3ccc(F)cc3)CCCN2C(=O)c2ccc(Cl)cc2)c1. The zero-order valence-electron chi connectivity index (χ0n) is 21.1. The van der Waals surface area contributed by atoms with Gasteiger partial charge in [-0.3, -0.25) is 19.2 Å². The fraction of sp³-hybridized carbons (Fsp3) is 0.241. The molecule has 0 aromatic heterocycles. The van der Waals surface area contributed by atoms with E-state index in [1.54, 1.807) is 30.3 Å². The lowest BCUT2D eigenvalue weighted by Gasteiger charge is -2.43. The molecule has 202 valence electrons. The summed E-state index contributed by atoms with van der Waals surface area (Å²) in [6, 6.07) is 17.2. The molecule has 0 spiro atoms. The van der Waals surface area contributed by atoms with Gasteiger partial charge in [0.25, 0.3) is 17.7 Å². The van der Waals surface area contributed by atoms with Crippen LogP contribution in [-0.2, 0) is 9.59 Å². The minimum Gasteiger partial charge on any atom is -0.481 e. The average molecular weight is 552 g/mol. The fourth-order valence-corrected chi connectivity index (χ4v) is 4.74. The van der Waals surface area contributed by atoms with E-state index in [0.29, 0.717) is 17.0 Å². The molecule has 0 saturated carbocycles. The first kappa shape index (κ1) is 27.8. The Hall–Kier alpha value is -4.24. The molecule has 1 fully saturated rings. The third kappa shape index (κ3) is 6.61. The number of nitrogens with one attached hydrogen (secondary N) is 1. The number of nitrogens with zero attached hydrogens (tertiary/aromatic N) is 2. The molecule has 1 saturated heterocycles. The zero-order valence-corrected chi connectivity index (χ0v) is 21.9. The summed E-state index contributed by atoms with van der Waals surface area (Å²) in [6.07, 6.45) is -1.38. The fourth-order valence-electron chi connectivity index (χ4n) is 4.61. The molecule has 3 aromatic carbocycles. The predicted molar refractivity (Wildman–Crippen MR) is 143 cm³/mol. The van der Waals surface area contributed by atoms with Gasteiger partial charge in [0.1, 0.15) is 5.82 Å². The van der Waals surface area contributed by atoms with Crippen LogP contribution in [0.3, 0.4) is 0 Å². The molecule has 39 heavy (non-hydrogen) atoms. The van der Waals surface area contributed by atoms with Gasteiger partial charge in [-0.15, -0.1) is 0 Å². The van der Waals surface area contributed by atoms with Crippen LogP contribution < -0.4 is 5.32 Å². The van der Waals surface area contributed by atoms with Gasteiger partial charge in [0.05, 0.1) is 12.5 Å². The summed E-state index contributed by atoms with van der Waals surface area (Å²) >= 11 is 5.98. The minimum absolute atomic E-state index is 0.149. The van der Waals surface area contributed by atoms with Gasteiger partial charge in [-0.1, -0.05) is 41.4 Å². The third-order valence-corrected chi connectivity index (χ3v) is 6.72. The summed E-state index contributed by atoms with van der Waals surface area (Å²) in [6.45, 7) is 2.19. The van der Waals surface area contributed by atoms with Gasteiger partial charge in [-0.25, -0.2) is 4.39 Å². The molecular weight excluding hydrogens is 525 g/mol. The van der Waals surface area contributed by atoms with E-state index < -0.39 is 48.1 Å². The Balaban J connectivity index is 1.71. The molecule has 4 rings (SSSR count). The number of benzene rings is 3. The van der Waals surface area contributed by atoms with Crippen LogP contribution in [0.5, 0.6) is 0 Å². The second-order valence-electron chi connectivity index (χ2n) is 9.31. The smallest absolute Gasteiger partial charge is 0.305 e. The summed E-state index contributed by atoms with van der Waals surface area (Å²) in [5.41, 5.74) is 1.88. The van der Waals surface area contributed by atoms with Gasteiger partial charge in [-0.2, -0.15) is 0 Å². The molecule has 2 N–H and O–H groups in total. The molecular formula is C29H27ClFN3O5. The van der Waals surface area contributed by atoms with E-state index in [4.69, 9.17) is 11.6 Å². The van der Waals surface area contributed by atoms with Crippen LogP contribution in [-0.4, -0.2) is 57.9 Å². The number of aryl methyl sites for hydroxylation is 1. The molecule has 2 atom stereocenters. The van der Waals surface area contributed by atoms with Crippen molar-refractivity contribution in [1.82, 2.24) is 15.1 Å². The zero-order chi connectivity index (χ0) is 28.1. The van der Waals surface area contributed by atoms with Gasteiger partial charge in [0.15, 0.2) is 6.17 Å². The number of rotatable bonds is 7. The number of amides is 3. The van der Waals surface area contributed by atoms with E-state index in [1.165, 1.54) is 34.1 Å². The average Bonchev–Trinajstić information content (AvgIpc) is 2.92. The monoisotopic (exact) mass is 551 g/mol. The Morgan fingerprint density at radius 2 is 1.51 bits per heavy atom. The topological polar surface area (TPSA) is 107 Å². The number of aliphatic carboxylic acids is 1. The van der Waals surface area contributed by atoms with Gasteiger partial charge in [0, 0.05) is 29.2 Å². The van der Waals surface area contributed by atoms with Crippen LogP contribution in [0, 0.1) is 12.7 Å². The Labute approximate surface area is 230 Å².